The van der Waals surface area contributed by atoms with Gasteiger partial charge in [-0.15, -0.1) is 11.3 Å². The van der Waals surface area contributed by atoms with Crippen LogP contribution in [0.3, 0.4) is 0 Å². The van der Waals surface area contributed by atoms with Crippen molar-refractivity contribution < 1.29 is 5.11 Å². The molecule has 2 N–H and O–H groups in total. The minimum Gasteiger partial charge on any atom is -0.394 e. The molecule has 0 aliphatic carbocycles. The van der Waals surface area contributed by atoms with Gasteiger partial charge in [-0.2, -0.15) is 0 Å². The van der Waals surface area contributed by atoms with E-state index in [1.807, 2.05) is 13.8 Å². The molecule has 0 bridgehead atoms. The summed E-state index contributed by atoms with van der Waals surface area (Å²) in [5, 5.41) is 12.3. The maximum Gasteiger partial charge on any atom is 0.0701 e. The van der Waals surface area contributed by atoms with Crippen molar-refractivity contribution in [2.75, 3.05) is 13.2 Å². The van der Waals surface area contributed by atoms with E-state index in [0.717, 1.165) is 13.0 Å². The van der Waals surface area contributed by atoms with Crippen LogP contribution < -0.4 is 5.32 Å². The van der Waals surface area contributed by atoms with Gasteiger partial charge in [0, 0.05) is 17.0 Å². The molecule has 14 heavy (non-hydrogen) atoms. The number of aliphatic hydroxyl groups is 1. The van der Waals surface area contributed by atoms with Crippen molar-refractivity contribution in [3.63, 3.8) is 0 Å². The van der Waals surface area contributed by atoms with Crippen LogP contribution in [0.2, 0.25) is 0 Å². The first-order valence-electron chi connectivity index (χ1n) is 4.63. The van der Waals surface area contributed by atoms with Gasteiger partial charge in [0.1, 0.15) is 0 Å². The SMILES string of the molecule is CC(C)(CO)NCCc1ccc(Br)s1. The molecule has 0 saturated carbocycles. The van der Waals surface area contributed by atoms with Crippen molar-refractivity contribution in [2.24, 2.45) is 0 Å². The Morgan fingerprint density at radius 1 is 1.50 bits per heavy atom. The lowest BCUT2D eigenvalue weighted by atomic mass is 10.1. The van der Waals surface area contributed by atoms with Gasteiger partial charge in [0.2, 0.25) is 0 Å². The average Bonchev–Trinajstić information content (AvgIpc) is 2.51. The summed E-state index contributed by atoms with van der Waals surface area (Å²) in [6.45, 7) is 5.07. The molecule has 0 aliphatic rings. The highest BCUT2D eigenvalue weighted by Crippen LogP contribution is 2.22. The number of rotatable bonds is 5. The monoisotopic (exact) mass is 277 g/mol. The molecule has 0 atom stereocenters. The van der Waals surface area contributed by atoms with Crippen molar-refractivity contribution in [3.05, 3.63) is 20.8 Å². The fourth-order valence-electron chi connectivity index (χ4n) is 1.07. The summed E-state index contributed by atoms with van der Waals surface area (Å²) in [6.07, 6.45) is 1.01. The molecule has 1 aromatic rings. The van der Waals surface area contributed by atoms with Gasteiger partial charge in [0.15, 0.2) is 0 Å². The predicted octanol–water partition coefficient (Wildman–Crippen LogP) is 2.41. The van der Waals surface area contributed by atoms with Crippen LogP contribution >= 0.6 is 27.3 Å². The van der Waals surface area contributed by atoms with Crippen molar-refractivity contribution >= 4 is 27.3 Å². The third kappa shape index (κ3) is 4.09. The van der Waals surface area contributed by atoms with Crippen LogP contribution in [0.5, 0.6) is 0 Å². The molecule has 0 radical (unpaired) electrons. The van der Waals surface area contributed by atoms with E-state index < -0.39 is 0 Å². The summed E-state index contributed by atoms with van der Waals surface area (Å²) in [4.78, 5) is 1.36. The summed E-state index contributed by atoms with van der Waals surface area (Å²) >= 11 is 5.20. The molecule has 1 heterocycles. The number of nitrogens with one attached hydrogen (secondary N) is 1. The third-order valence-corrected chi connectivity index (χ3v) is 3.68. The van der Waals surface area contributed by atoms with Crippen molar-refractivity contribution in [3.8, 4) is 0 Å². The van der Waals surface area contributed by atoms with Crippen LogP contribution in [-0.2, 0) is 6.42 Å². The molecule has 0 fully saturated rings. The highest BCUT2D eigenvalue weighted by atomic mass is 79.9. The quantitative estimate of drug-likeness (QED) is 0.867. The zero-order valence-corrected chi connectivity index (χ0v) is 10.9. The van der Waals surface area contributed by atoms with Gasteiger partial charge in [-0.1, -0.05) is 0 Å². The Hall–Kier alpha value is 0.1000. The van der Waals surface area contributed by atoms with E-state index in [9.17, 15) is 0 Å². The zero-order chi connectivity index (χ0) is 10.6. The second-order valence-corrected chi connectivity index (χ2v) is 6.47. The van der Waals surface area contributed by atoms with Gasteiger partial charge in [-0.05, 0) is 48.3 Å². The van der Waals surface area contributed by atoms with Crippen molar-refractivity contribution in [1.82, 2.24) is 5.32 Å². The molecule has 0 unspecified atom stereocenters. The molecular formula is C10H16BrNOS. The standard InChI is InChI=1S/C10H16BrNOS/c1-10(2,7-13)12-6-5-8-3-4-9(11)14-8/h3-4,12-13H,5-7H2,1-2H3. The summed E-state index contributed by atoms with van der Waals surface area (Å²) in [7, 11) is 0. The molecule has 1 aromatic heterocycles. The lowest BCUT2D eigenvalue weighted by Crippen LogP contribution is -2.43. The molecule has 0 saturated heterocycles. The number of thiophene rings is 1. The average molecular weight is 278 g/mol. The fourth-order valence-corrected chi connectivity index (χ4v) is 2.55. The summed E-state index contributed by atoms with van der Waals surface area (Å²) in [6, 6.07) is 4.19. The van der Waals surface area contributed by atoms with Crippen LogP contribution in [0.15, 0.2) is 15.9 Å². The largest absolute Gasteiger partial charge is 0.394 e. The van der Waals surface area contributed by atoms with Gasteiger partial charge < -0.3 is 10.4 Å². The molecule has 80 valence electrons. The van der Waals surface area contributed by atoms with Gasteiger partial charge in [0.05, 0.1) is 10.4 Å². The maximum absolute atomic E-state index is 9.03. The van der Waals surface area contributed by atoms with Gasteiger partial charge in [-0.25, -0.2) is 0 Å². The van der Waals surface area contributed by atoms with Gasteiger partial charge in [0.25, 0.3) is 0 Å². The Morgan fingerprint density at radius 2 is 2.21 bits per heavy atom. The van der Waals surface area contributed by atoms with Crippen molar-refractivity contribution in [2.45, 2.75) is 25.8 Å². The second kappa shape index (κ2) is 5.26. The summed E-state index contributed by atoms with van der Waals surface area (Å²) in [5.74, 6) is 0. The highest BCUT2D eigenvalue weighted by molar-refractivity contribution is 9.11. The van der Waals surface area contributed by atoms with E-state index in [2.05, 4.69) is 33.4 Å². The fraction of sp³-hybridized carbons (Fsp3) is 0.600. The Bertz CT molecular complexity index is 285. The van der Waals surface area contributed by atoms with E-state index in [4.69, 9.17) is 5.11 Å². The highest BCUT2D eigenvalue weighted by Gasteiger charge is 2.14. The molecule has 0 aliphatic heterocycles. The topological polar surface area (TPSA) is 32.3 Å². The van der Waals surface area contributed by atoms with E-state index in [-0.39, 0.29) is 12.1 Å². The number of hydrogen-bond donors (Lipinski definition) is 2. The summed E-state index contributed by atoms with van der Waals surface area (Å²) in [5.41, 5.74) is -0.172. The van der Waals surface area contributed by atoms with E-state index in [1.165, 1.54) is 8.66 Å². The number of halogens is 1. The predicted molar refractivity (Wildman–Crippen MR) is 64.9 cm³/mol. The Morgan fingerprint density at radius 3 is 2.71 bits per heavy atom. The Labute approximate surface area is 97.5 Å². The minimum absolute atomic E-state index is 0.168. The van der Waals surface area contributed by atoms with Crippen LogP contribution in [0, 0.1) is 0 Å². The van der Waals surface area contributed by atoms with E-state index >= 15 is 0 Å². The van der Waals surface area contributed by atoms with Gasteiger partial charge in [-0.3, -0.25) is 0 Å². The molecule has 4 heteroatoms. The first-order valence-corrected chi connectivity index (χ1v) is 6.24. The first kappa shape index (κ1) is 12.2. The number of aliphatic hydroxyl groups excluding tert-OH is 1. The molecule has 0 aromatic carbocycles. The lowest BCUT2D eigenvalue weighted by molar-refractivity contribution is 0.189. The van der Waals surface area contributed by atoms with Crippen LogP contribution in [0.1, 0.15) is 18.7 Å². The lowest BCUT2D eigenvalue weighted by Gasteiger charge is -2.23. The van der Waals surface area contributed by atoms with Gasteiger partial charge >= 0.3 is 0 Å². The maximum atomic E-state index is 9.03. The molecule has 0 spiro atoms. The van der Waals surface area contributed by atoms with E-state index in [0.29, 0.717) is 0 Å². The Kier molecular flexibility index (Phi) is 4.57. The molecular weight excluding hydrogens is 262 g/mol. The second-order valence-electron chi connectivity index (χ2n) is 3.92. The van der Waals surface area contributed by atoms with Crippen LogP contribution in [0.4, 0.5) is 0 Å². The van der Waals surface area contributed by atoms with E-state index in [1.54, 1.807) is 11.3 Å². The minimum atomic E-state index is -0.172. The number of hydrogen-bond acceptors (Lipinski definition) is 3. The third-order valence-electron chi connectivity index (χ3n) is 2.00. The Balaban J connectivity index is 2.28. The molecule has 1 rings (SSSR count). The molecule has 0 amide bonds. The van der Waals surface area contributed by atoms with Crippen molar-refractivity contribution in [1.29, 1.82) is 0 Å². The first-order chi connectivity index (χ1) is 6.53. The van der Waals surface area contributed by atoms with Crippen LogP contribution in [-0.4, -0.2) is 23.8 Å². The smallest absolute Gasteiger partial charge is 0.0701 e. The summed E-state index contributed by atoms with van der Waals surface area (Å²) < 4.78 is 1.17. The zero-order valence-electron chi connectivity index (χ0n) is 8.51. The van der Waals surface area contributed by atoms with Crippen LogP contribution in [0.25, 0.3) is 0 Å². The normalized spacial score (nSPS) is 12.0. The molecule has 2 nitrogen and oxygen atoms in total.